The predicted molar refractivity (Wildman–Crippen MR) is 128 cm³/mol. The third-order valence-corrected chi connectivity index (χ3v) is 6.56. The molecule has 32 heavy (non-hydrogen) atoms. The van der Waals surface area contributed by atoms with Crippen molar-refractivity contribution in [1.29, 1.82) is 0 Å². The van der Waals surface area contributed by atoms with Gasteiger partial charge in [-0.05, 0) is 55.3 Å². The first-order valence-corrected chi connectivity index (χ1v) is 11.5. The third kappa shape index (κ3) is 4.33. The Bertz CT molecular complexity index is 1090. The average molecular weight is 431 g/mol. The van der Waals surface area contributed by atoms with Crippen molar-refractivity contribution in [3.05, 3.63) is 65.9 Å². The Morgan fingerprint density at radius 3 is 2.72 bits per heavy atom. The molecule has 3 aromatic rings. The maximum atomic E-state index is 11.2. The molecule has 0 bridgehead atoms. The van der Waals surface area contributed by atoms with E-state index < -0.39 is 6.23 Å². The van der Waals surface area contributed by atoms with Gasteiger partial charge in [-0.15, -0.1) is 0 Å². The van der Waals surface area contributed by atoms with Crippen LogP contribution in [-0.2, 0) is 16.0 Å². The Kier molecular flexibility index (Phi) is 6.06. The fourth-order valence-corrected chi connectivity index (χ4v) is 4.78. The quantitative estimate of drug-likeness (QED) is 0.560. The van der Waals surface area contributed by atoms with Crippen LogP contribution in [0.4, 0.5) is 11.4 Å². The highest BCUT2D eigenvalue weighted by Crippen LogP contribution is 2.27. The number of anilines is 2. The highest BCUT2D eigenvalue weighted by atomic mass is 16.5. The molecule has 166 valence electrons. The van der Waals surface area contributed by atoms with Gasteiger partial charge in [0.2, 0.25) is 0 Å². The molecule has 3 heterocycles. The molecule has 0 N–H and O–H groups in total. The minimum absolute atomic E-state index is 0.452. The zero-order chi connectivity index (χ0) is 21.9. The second kappa shape index (κ2) is 9.27. The molecular formula is C26H30N4O2. The number of piperazine rings is 1. The van der Waals surface area contributed by atoms with Crippen molar-refractivity contribution in [2.24, 2.45) is 0 Å². The van der Waals surface area contributed by atoms with Gasteiger partial charge in [0, 0.05) is 61.7 Å². The minimum Gasteiger partial charge on any atom is -0.368 e. The summed E-state index contributed by atoms with van der Waals surface area (Å²) in [5, 5.41) is 1.24. The van der Waals surface area contributed by atoms with E-state index >= 15 is 0 Å². The maximum absolute atomic E-state index is 11.2. The summed E-state index contributed by atoms with van der Waals surface area (Å²) in [4.78, 5) is 23.0. The number of pyridine rings is 1. The third-order valence-electron chi connectivity index (χ3n) is 6.56. The summed E-state index contributed by atoms with van der Waals surface area (Å²) < 4.78 is 5.48. The summed E-state index contributed by atoms with van der Waals surface area (Å²) >= 11 is 0. The van der Waals surface area contributed by atoms with Crippen molar-refractivity contribution < 1.29 is 9.53 Å². The number of benzene rings is 2. The molecule has 2 aliphatic rings. The van der Waals surface area contributed by atoms with E-state index in [-0.39, 0.29) is 0 Å². The van der Waals surface area contributed by atoms with Gasteiger partial charge in [0.25, 0.3) is 0 Å². The van der Waals surface area contributed by atoms with Crippen LogP contribution >= 0.6 is 0 Å². The highest BCUT2D eigenvalue weighted by Gasteiger charge is 2.25. The van der Waals surface area contributed by atoms with Gasteiger partial charge in [-0.2, -0.15) is 0 Å². The van der Waals surface area contributed by atoms with E-state index in [1.807, 2.05) is 11.8 Å². The summed E-state index contributed by atoms with van der Waals surface area (Å²) in [5.74, 6) is 0. The van der Waals surface area contributed by atoms with Crippen LogP contribution in [0.1, 0.15) is 11.3 Å². The van der Waals surface area contributed by atoms with Gasteiger partial charge in [-0.3, -0.25) is 14.7 Å². The number of carbonyl (C=O) groups excluding carboxylic acids is 1. The lowest BCUT2D eigenvalue weighted by Gasteiger charge is -2.36. The number of fused-ring (bicyclic) bond motifs is 1. The van der Waals surface area contributed by atoms with Gasteiger partial charge in [0.05, 0.1) is 12.1 Å². The highest BCUT2D eigenvalue weighted by molar-refractivity contribution is 5.92. The van der Waals surface area contributed by atoms with Gasteiger partial charge >= 0.3 is 0 Å². The molecule has 6 nitrogen and oxygen atoms in total. The largest absolute Gasteiger partial charge is 0.368 e. The molecule has 1 aromatic heterocycles. The lowest BCUT2D eigenvalue weighted by atomic mass is 10.1. The van der Waals surface area contributed by atoms with Crippen molar-refractivity contribution >= 4 is 28.6 Å². The van der Waals surface area contributed by atoms with Gasteiger partial charge < -0.3 is 14.5 Å². The van der Waals surface area contributed by atoms with Gasteiger partial charge in [-0.25, -0.2) is 0 Å². The van der Waals surface area contributed by atoms with Gasteiger partial charge in [-0.1, -0.05) is 18.2 Å². The van der Waals surface area contributed by atoms with Crippen molar-refractivity contribution in [2.45, 2.75) is 19.6 Å². The Labute approximate surface area is 189 Å². The Balaban J connectivity index is 1.19. The fourth-order valence-electron chi connectivity index (χ4n) is 4.78. The van der Waals surface area contributed by atoms with Crippen LogP contribution in [0, 0.1) is 6.92 Å². The Hall–Kier alpha value is -2.96. The summed E-state index contributed by atoms with van der Waals surface area (Å²) in [7, 11) is 0. The van der Waals surface area contributed by atoms with Crippen LogP contribution in [-0.4, -0.2) is 68.3 Å². The van der Waals surface area contributed by atoms with Crippen molar-refractivity contribution in [3.8, 4) is 0 Å². The standard InChI is InChI=1S/C26H30N4O2/c1-20-8-9-23-24(27-20)6-3-7-25(23)29-14-12-28(13-15-29)11-10-21-4-2-5-22(18-21)30-16-17-32-26(30)19-31/h2-9,18-19,26H,10-17H2,1H3. The number of carbonyl (C=O) groups is 1. The number of ether oxygens (including phenoxy) is 1. The minimum atomic E-state index is -0.452. The number of aryl methyl sites for hydroxylation is 1. The second-order valence-electron chi connectivity index (χ2n) is 8.64. The zero-order valence-corrected chi connectivity index (χ0v) is 18.6. The molecule has 0 aliphatic carbocycles. The van der Waals surface area contributed by atoms with Crippen molar-refractivity contribution in [1.82, 2.24) is 9.88 Å². The van der Waals surface area contributed by atoms with Gasteiger partial charge in [0.15, 0.2) is 12.5 Å². The first-order valence-electron chi connectivity index (χ1n) is 11.5. The van der Waals surface area contributed by atoms with Crippen LogP contribution in [0.3, 0.4) is 0 Å². The summed E-state index contributed by atoms with van der Waals surface area (Å²) in [6, 6.07) is 19.3. The summed E-state index contributed by atoms with van der Waals surface area (Å²) in [5.41, 5.74) is 5.80. The number of aromatic nitrogens is 1. The van der Waals surface area contributed by atoms with E-state index in [2.05, 4.69) is 69.4 Å². The second-order valence-corrected chi connectivity index (χ2v) is 8.64. The predicted octanol–water partition coefficient (Wildman–Crippen LogP) is 3.27. The molecule has 0 amide bonds. The molecule has 2 aromatic carbocycles. The fraction of sp³-hybridized carbons (Fsp3) is 0.385. The normalized spacial score (nSPS) is 19.6. The van der Waals surface area contributed by atoms with Crippen LogP contribution in [0.5, 0.6) is 0 Å². The lowest BCUT2D eigenvalue weighted by Crippen LogP contribution is -2.47. The number of nitrogens with zero attached hydrogens (tertiary/aromatic N) is 4. The summed E-state index contributed by atoms with van der Waals surface area (Å²) in [6.45, 7) is 8.62. The number of aldehydes is 1. The van der Waals surface area contributed by atoms with Crippen molar-refractivity contribution in [2.75, 3.05) is 55.7 Å². The van der Waals surface area contributed by atoms with Gasteiger partial charge in [0.1, 0.15) is 0 Å². The first kappa shape index (κ1) is 20.9. The van der Waals surface area contributed by atoms with Crippen LogP contribution < -0.4 is 9.80 Å². The molecule has 2 saturated heterocycles. The van der Waals surface area contributed by atoms with Crippen LogP contribution in [0.15, 0.2) is 54.6 Å². The smallest absolute Gasteiger partial charge is 0.186 e. The van der Waals surface area contributed by atoms with E-state index in [1.165, 1.54) is 16.6 Å². The molecule has 0 spiro atoms. The monoisotopic (exact) mass is 430 g/mol. The van der Waals surface area contributed by atoms with E-state index in [0.29, 0.717) is 6.61 Å². The topological polar surface area (TPSA) is 48.9 Å². The molecule has 0 radical (unpaired) electrons. The Morgan fingerprint density at radius 1 is 1.03 bits per heavy atom. The maximum Gasteiger partial charge on any atom is 0.186 e. The molecule has 0 saturated carbocycles. The lowest BCUT2D eigenvalue weighted by molar-refractivity contribution is -0.115. The zero-order valence-electron chi connectivity index (χ0n) is 18.6. The molecule has 2 aliphatic heterocycles. The van der Waals surface area contributed by atoms with E-state index in [4.69, 9.17) is 4.74 Å². The van der Waals surface area contributed by atoms with E-state index in [9.17, 15) is 4.79 Å². The number of hydrogen-bond acceptors (Lipinski definition) is 6. The van der Waals surface area contributed by atoms with Crippen molar-refractivity contribution in [3.63, 3.8) is 0 Å². The number of rotatable bonds is 6. The van der Waals surface area contributed by atoms with E-state index in [1.54, 1.807) is 0 Å². The number of hydrogen-bond donors (Lipinski definition) is 0. The average Bonchev–Trinajstić information content (AvgIpc) is 3.32. The SMILES string of the molecule is Cc1ccc2c(N3CCN(CCc4cccc(N5CCOC5C=O)c4)CC3)cccc2n1. The molecule has 5 rings (SSSR count). The molecule has 2 fully saturated rings. The summed E-state index contributed by atoms with van der Waals surface area (Å²) in [6.07, 6.45) is 1.43. The van der Waals surface area contributed by atoms with E-state index in [0.717, 1.165) is 68.9 Å². The molecular weight excluding hydrogens is 400 g/mol. The Morgan fingerprint density at radius 2 is 1.88 bits per heavy atom. The van der Waals surface area contributed by atoms with Crippen LogP contribution in [0.2, 0.25) is 0 Å². The molecule has 6 heteroatoms. The van der Waals surface area contributed by atoms with Crippen LogP contribution in [0.25, 0.3) is 10.9 Å². The first-order chi connectivity index (χ1) is 15.7. The molecule has 1 unspecified atom stereocenters. The molecule has 1 atom stereocenters.